The Hall–Kier alpha value is -3.10. The number of carbonyl (C=O) groups excluding carboxylic acids is 1. The second-order valence-electron chi connectivity index (χ2n) is 9.68. The number of carbonyl (C=O) groups is 1. The number of pyridine rings is 1. The van der Waals surface area contributed by atoms with Gasteiger partial charge in [0, 0.05) is 49.5 Å². The summed E-state index contributed by atoms with van der Waals surface area (Å²) in [7, 11) is 1.88. The number of aromatic nitrogens is 4. The molecule has 0 radical (unpaired) electrons. The summed E-state index contributed by atoms with van der Waals surface area (Å²) >= 11 is 1.65. The first-order valence-electron chi connectivity index (χ1n) is 12.2. The normalized spacial score (nSPS) is 18.9. The van der Waals surface area contributed by atoms with E-state index < -0.39 is 0 Å². The summed E-state index contributed by atoms with van der Waals surface area (Å²) in [6, 6.07) is 6.21. The molecule has 0 N–H and O–H groups in total. The Morgan fingerprint density at radius 1 is 1.11 bits per heavy atom. The molecule has 1 amide bonds. The van der Waals surface area contributed by atoms with Crippen molar-refractivity contribution in [1.82, 2.24) is 24.4 Å². The second-order valence-corrected chi connectivity index (χ2v) is 10.9. The largest absolute Gasteiger partial charge is 0.381 e. The molecule has 3 aromatic heterocycles. The van der Waals surface area contributed by atoms with E-state index in [2.05, 4.69) is 34.7 Å². The number of fused-ring (bicyclic) bond motifs is 2. The lowest BCUT2D eigenvalue weighted by Gasteiger charge is -2.33. The maximum absolute atomic E-state index is 13.0. The van der Waals surface area contributed by atoms with Crippen LogP contribution in [0.2, 0.25) is 0 Å². The van der Waals surface area contributed by atoms with Crippen LogP contribution >= 0.6 is 11.3 Å². The van der Waals surface area contributed by atoms with Crippen LogP contribution in [0.4, 0.5) is 0 Å². The maximum Gasteiger partial charge on any atom is 0.245 e. The first kappa shape index (κ1) is 22.4. The molecule has 1 fully saturated rings. The highest BCUT2D eigenvalue weighted by Gasteiger charge is 2.36. The van der Waals surface area contributed by atoms with E-state index in [0.29, 0.717) is 12.5 Å². The third-order valence-electron chi connectivity index (χ3n) is 7.35. The monoisotopic (exact) mass is 487 g/mol. The van der Waals surface area contributed by atoms with Crippen LogP contribution in [0.5, 0.6) is 0 Å². The minimum absolute atomic E-state index is 0.135. The van der Waals surface area contributed by atoms with Gasteiger partial charge in [-0.1, -0.05) is 12.1 Å². The third kappa shape index (κ3) is 3.67. The number of nitrogens with zero attached hydrogens (tertiary/aromatic N) is 5. The van der Waals surface area contributed by atoms with Crippen LogP contribution in [0.15, 0.2) is 30.6 Å². The zero-order valence-electron chi connectivity index (χ0n) is 20.5. The fraction of sp³-hybridized carbons (Fsp3) is 0.407. The van der Waals surface area contributed by atoms with Gasteiger partial charge in [0.05, 0.1) is 33.5 Å². The van der Waals surface area contributed by atoms with Crippen LogP contribution in [0.25, 0.3) is 32.6 Å². The van der Waals surface area contributed by atoms with Crippen LogP contribution in [0.3, 0.4) is 0 Å². The summed E-state index contributed by atoms with van der Waals surface area (Å²) < 4.78 is 7.84. The molecule has 2 aliphatic rings. The van der Waals surface area contributed by atoms with Gasteiger partial charge >= 0.3 is 0 Å². The van der Waals surface area contributed by atoms with E-state index in [-0.39, 0.29) is 11.9 Å². The number of likely N-dealkylation sites (N-methyl/N-ethyl adjacent to an activating group) is 1. The SMILES string of the molecule is Cc1ncc(-c2cc3ccc(C)c(-c4nc(C5CCOCC5)n5c4CN(C)C(=O)[C@@H]5C)c3cn2)s1. The van der Waals surface area contributed by atoms with Gasteiger partial charge in [-0.15, -0.1) is 11.3 Å². The Labute approximate surface area is 208 Å². The molecule has 0 saturated carbocycles. The van der Waals surface area contributed by atoms with Crippen LogP contribution in [-0.4, -0.2) is 50.6 Å². The van der Waals surface area contributed by atoms with Gasteiger partial charge in [0.25, 0.3) is 0 Å². The van der Waals surface area contributed by atoms with Crippen molar-refractivity contribution in [2.45, 2.75) is 52.1 Å². The number of thiazole rings is 1. The maximum atomic E-state index is 13.0. The lowest BCUT2D eigenvalue weighted by Crippen LogP contribution is -2.40. The molecular formula is C27H29N5O2S. The first-order valence-corrected chi connectivity index (χ1v) is 13.0. The van der Waals surface area contributed by atoms with E-state index in [1.165, 1.54) is 0 Å². The highest BCUT2D eigenvalue weighted by Crippen LogP contribution is 2.41. The fourth-order valence-corrected chi connectivity index (χ4v) is 6.25. The second kappa shape index (κ2) is 8.53. The lowest BCUT2D eigenvalue weighted by atomic mass is 9.96. The van der Waals surface area contributed by atoms with Crippen molar-refractivity contribution < 1.29 is 9.53 Å². The molecule has 0 spiro atoms. The van der Waals surface area contributed by atoms with Gasteiger partial charge in [-0.25, -0.2) is 9.97 Å². The number of hydrogen-bond donors (Lipinski definition) is 0. The van der Waals surface area contributed by atoms with Crippen LogP contribution in [0.1, 0.15) is 53.8 Å². The van der Waals surface area contributed by atoms with Gasteiger partial charge in [0.2, 0.25) is 5.91 Å². The molecule has 180 valence electrons. The van der Waals surface area contributed by atoms with Crippen molar-refractivity contribution >= 4 is 28.0 Å². The minimum atomic E-state index is -0.266. The number of benzene rings is 1. The van der Waals surface area contributed by atoms with Gasteiger partial charge in [-0.2, -0.15) is 0 Å². The Morgan fingerprint density at radius 2 is 1.91 bits per heavy atom. The van der Waals surface area contributed by atoms with Gasteiger partial charge in [-0.05, 0) is 50.6 Å². The van der Waals surface area contributed by atoms with Crippen LogP contribution in [0, 0.1) is 13.8 Å². The van der Waals surface area contributed by atoms with Crippen molar-refractivity contribution in [3.05, 3.63) is 52.7 Å². The number of amides is 1. The van der Waals surface area contributed by atoms with E-state index in [9.17, 15) is 4.79 Å². The highest BCUT2D eigenvalue weighted by atomic mass is 32.1. The van der Waals surface area contributed by atoms with Crippen molar-refractivity contribution in [2.75, 3.05) is 20.3 Å². The van der Waals surface area contributed by atoms with Gasteiger partial charge in [-0.3, -0.25) is 9.78 Å². The van der Waals surface area contributed by atoms with Crippen LogP contribution < -0.4 is 0 Å². The first-order chi connectivity index (χ1) is 16.9. The standard InChI is InChI=1S/C27H29N5O2S/c1-15-5-6-19-11-21(23-13-28-17(3)35-23)29-12-20(19)24(15)25-22-14-31(4)27(33)16(2)32(22)26(30-25)18-7-9-34-10-8-18/h5-6,11-13,16,18H,7-10,14H2,1-4H3/t16-/m0/s1. The topological polar surface area (TPSA) is 73.1 Å². The van der Waals surface area contributed by atoms with E-state index in [0.717, 1.165) is 80.7 Å². The van der Waals surface area contributed by atoms with Crippen molar-refractivity contribution in [3.8, 4) is 21.8 Å². The molecule has 4 aromatic rings. The number of imidazole rings is 1. The molecule has 8 heteroatoms. The molecule has 0 bridgehead atoms. The molecule has 6 rings (SSSR count). The number of ether oxygens (including phenoxy) is 1. The van der Waals surface area contributed by atoms with Crippen LogP contribution in [-0.2, 0) is 16.1 Å². The lowest BCUT2D eigenvalue weighted by molar-refractivity contribution is -0.135. The van der Waals surface area contributed by atoms with E-state index in [4.69, 9.17) is 14.7 Å². The Morgan fingerprint density at radius 3 is 2.66 bits per heavy atom. The summed E-state index contributed by atoms with van der Waals surface area (Å²) in [5, 5.41) is 3.25. The summed E-state index contributed by atoms with van der Waals surface area (Å²) in [6.45, 7) is 8.17. The third-order valence-corrected chi connectivity index (χ3v) is 8.29. The Bertz CT molecular complexity index is 1450. The van der Waals surface area contributed by atoms with E-state index in [1.54, 1.807) is 11.3 Å². The predicted octanol–water partition coefficient (Wildman–Crippen LogP) is 5.27. The average Bonchev–Trinajstić information content (AvgIpc) is 3.47. The minimum Gasteiger partial charge on any atom is -0.381 e. The zero-order chi connectivity index (χ0) is 24.3. The van der Waals surface area contributed by atoms with Crippen molar-refractivity contribution in [3.63, 3.8) is 0 Å². The number of rotatable bonds is 3. The molecule has 5 heterocycles. The zero-order valence-corrected chi connectivity index (χ0v) is 21.4. The molecule has 35 heavy (non-hydrogen) atoms. The predicted molar refractivity (Wildman–Crippen MR) is 138 cm³/mol. The van der Waals surface area contributed by atoms with Crippen molar-refractivity contribution in [2.24, 2.45) is 0 Å². The molecule has 2 aliphatic heterocycles. The van der Waals surface area contributed by atoms with Gasteiger partial charge in [0.15, 0.2) is 0 Å². The quantitative estimate of drug-likeness (QED) is 0.394. The Kier molecular flexibility index (Phi) is 5.45. The van der Waals surface area contributed by atoms with E-state index >= 15 is 0 Å². The number of hydrogen-bond acceptors (Lipinski definition) is 6. The molecule has 0 unspecified atom stereocenters. The molecule has 1 saturated heterocycles. The average molecular weight is 488 g/mol. The summed E-state index contributed by atoms with van der Waals surface area (Å²) in [5.74, 6) is 1.45. The fourth-order valence-electron chi connectivity index (χ4n) is 5.50. The molecule has 1 aromatic carbocycles. The van der Waals surface area contributed by atoms with Crippen molar-refractivity contribution in [1.29, 1.82) is 0 Å². The number of aryl methyl sites for hydroxylation is 2. The molecule has 1 atom stereocenters. The summed E-state index contributed by atoms with van der Waals surface area (Å²) in [5.41, 5.74) is 5.29. The van der Waals surface area contributed by atoms with E-state index in [1.807, 2.05) is 38.2 Å². The summed E-state index contributed by atoms with van der Waals surface area (Å²) in [4.78, 5) is 30.4. The van der Waals surface area contributed by atoms with Gasteiger partial charge < -0.3 is 14.2 Å². The highest BCUT2D eigenvalue weighted by molar-refractivity contribution is 7.15. The smallest absolute Gasteiger partial charge is 0.245 e. The molecule has 7 nitrogen and oxygen atoms in total. The molecular weight excluding hydrogens is 458 g/mol. The summed E-state index contributed by atoms with van der Waals surface area (Å²) in [6.07, 6.45) is 5.73. The Balaban J connectivity index is 1.56. The van der Waals surface area contributed by atoms with Gasteiger partial charge in [0.1, 0.15) is 11.9 Å². The molecule has 0 aliphatic carbocycles.